The second-order valence-corrected chi connectivity index (χ2v) is 3.94. The Kier molecular flexibility index (Phi) is 8.52. The number of hydrogen-bond acceptors (Lipinski definition) is 3. The van der Waals surface area contributed by atoms with Crippen LogP contribution in [0, 0.1) is 0 Å². The summed E-state index contributed by atoms with van der Waals surface area (Å²) < 4.78 is 0. The summed E-state index contributed by atoms with van der Waals surface area (Å²) in [5.41, 5.74) is 0. The monoisotopic (exact) mass is 230 g/mol. The van der Waals surface area contributed by atoms with Gasteiger partial charge >= 0.3 is 5.97 Å². The SMILES string of the molecule is CCCNC(=O)CN(C)CCCCC(=O)O. The van der Waals surface area contributed by atoms with Gasteiger partial charge in [-0.05, 0) is 32.9 Å². The van der Waals surface area contributed by atoms with Crippen molar-refractivity contribution in [3.8, 4) is 0 Å². The highest BCUT2D eigenvalue weighted by Crippen LogP contribution is 1.97. The Labute approximate surface area is 96.8 Å². The Morgan fingerprint density at radius 1 is 1.31 bits per heavy atom. The summed E-state index contributed by atoms with van der Waals surface area (Å²) >= 11 is 0. The van der Waals surface area contributed by atoms with Gasteiger partial charge in [0.15, 0.2) is 0 Å². The third kappa shape index (κ3) is 9.45. The van der Waals surface area contributed by atoms with Crippen LogP contribution in [-0.4, -0.2) is 48.6 Å². The van der Waals surface area contributed by atoms with Gasteiger partial charge in [-0.3, -0.25) is 14.5 Å². The molecule has 0 aromatic rings. The largest absolute Gasteiger partial charge is 0.481 e. The number of aliphatic carboxylic acids is 1. The molecule has 0 fully saturated rings. The van der Waals surface area contributed by atoms with Crippen molar-refractivity contribution in [1.82, 2.24) is 10.2 Å². The van der Waals surface area contributed by atoms with Gasteiger partial charge in [-0.25, -0.2) is 0 Å². The van der Waals surface area contributed by atoms with Crippen LogP contribution in [0.25, 0.3) is 0 Å². The topological polar surface area (TPSA) is 69.6 Å². The van der Waals surface area contributed by atoms with E-state index in [0.29, 0.717) is 19.5 Å². The molecule has 0 atom stereocenters. The van der Waals surface area contributed by atoms with Crippen molar-refractivity contribution in [2.75, 3.05) is 26.7 Å². The quantitative estimate of drug-likeness (QED) is 0.572. The Hall–Kier alpha value is -1.10. The molecule has 16 heavy (non-hydrogen) atoms. The number of carboxylic acids is 1. The lowest BCUT2D eigenvalue weighted by atomic mass is 10.2. The van der Waals surface area contributed by atoms with Gasteiger partial charge < -0.3 is 10.4 Å². The molecule has 0 unspecified atom stereocenters. The summed E-state index contributed by atoms with van der Waals surface area (Å²) in [5, 5.41) is 11.2. The van der Waals surface area contributed by atoms with Gasteiger partial charge in [0.1, 0.15) is 0 Å². The zero-order chi connectivity index (χ0) is 12.4. The molecule has 1 amide bonds. The zero-order valence-corrected chi connectivity index (χ0v) is 10.2. The molecule has 0 aromatic heterocycles. The highest BCUT2D eigenvalue weighted by atomic mass is 16.4. The zero-order valence-electron chi connectivity index (χ0n) is 10.2. The summed E-state index contributed by atoms with van der Waals surface area (Å²) in [6, 6.07) is 0. The number of hydrogen-bond donors (Lipinski definition) is 2. The molecule has 0 aliphatic heterocycles. The molecular formula is C11H22N2O3. The average Bonchev–Trinajstić information content (AvgIpc) is 2.21. The van der Waals surface area contributed by atoms with Gasteiger partial charge in [0.25, 0.3) is 0 Å². The lowest BCUT2D eigenvalue weighted by Gasteiger charge is -2.15. The molecule has 5 nitrogen and oxygen atoms in total. The van der Waals surface area contributed by atoms with Gasteiger partial charge in [0.2, 0.25) is 5.91 Å². The number of unbranched alkanes of at least 4 members (excludes halogenated alkanes) is 1. The van der Waals surface area contributed by atoms with E-state index in [9.17, 15) is 9.59 Å². The molecule has 0 radical (unpaired) electrons. The highest BCUT2D eigenvalue weighted by molar-refractivity contribution is 5.77. The summed E-state index contributed by atoms with van der Waals surface area (Å²) in [6.07, 6.45) is 2.62. The van der Waals surface area contributed by atoms with Gasteiger partial charge in [0.05, 0.1) is 6.54 Å². The maximum absolute atomic E-state index is 11.3. The fourth-order valence-corrected chi connectivity index (χ4v) is 1.30. The first-order chi connectivity index (χ1) is 7.56. The molecule has 0 rings (SSSR count). The minimum absolute atomic E-state index is 0.0302. The fourth-order valence-electron chi connectivity index (χ4n) is 1.30. The summed E-state index contributed by atoms with van der Waals surface area (Å²) in [7, 11) is 1.87. The maximum Gasteiger partial charge on any atom is 0.303 e. The highest BCUT2D eigenvalue weighted by Gasteiger charge is 2.05. The van der Waals surface area contributed by atoms with E-state index in [4.69, 9.17) is 5.11 Å². The van der Waals surface area contributed by atoms with Crippen LogP contribution in [0.2, 0.25) is 0 Å². The first-order valence-corrected chi connectivity index (χ1v) is 5.73. The number of carbonyl (C=O) groups excluding carboxylic acids is 1. The van der Waals surface area contributed by atoms with Gasteiger partial charge in [0, 0.05) is 13.0 Å². The van der Waals surface area contributed by atoms with Gasteiger partial charge in [-0.1, -0.05) is 6.92 Å². The standard InChI is InChI=1S/C11H22N2O3/c1-3-7-12-10(14)9-13(2)8-5-4-6-11(15)16/h3-9H2,1-2H3,(H,12,14)(H,15,16). The van der Waals surface area contributed by atoms with Crippen LogP contribution in [0.5, 0.6) is 0 Å². The smallest absolute Gasteiger partial charge is 0.303 e. The minimum atomic E-state index is -0.761. The third-order valence-electron chi connectivity index (χ3n) is 2.17. The Morgan fingerprint density at radius 2 is 2.00 bits per heavy atom. The molecule has 0 spiro atoms. The Bertz CT molecular complexity index is 219. The summed E-state index contributed by atoms with van der Waals surface area (Å²) in [5.74, 6) is -0.731. The molecule has 0 bridgehead atoms. The van der Waals surface area contributed by atoms with E-state index in [2.05, 4.69) is 5.32 Å². The number of carbonyl (C=O) groups is 2. The average molecular weight is 230 g/mol. The molecule has 0 saturated carbocycles. The second kappa shape index (κ2) is 9.15. The van der Waals surface area contributed by atoms with Crippen LogP contribution in [0.1, 0.15) is 32.6 Å². The summed E-state index contributed by atoms with van der Waals surface area (Å²) in [6.45, 7) is 3.86. The molecule has 94 valence electrons. The van der Waals surface area contributed by atoms with Crippen molar-refractivity contribution in [2.45, 2.75) is 32.6 Å². The predicted octanol–water partition coefficient (Wildman–Crippen LogP) is 0.699. The van der Waals surface area contributed by atoms with Gasteiger partial charge in [-0.15, -0.1) is 0 Å². The van der Waals surface area contributed by atoms with Crippen molar-refractivity contribution in [1.29, 1.82) is 0 Å². The van der Waals surface area contributed by atoms with Crippen LogP contribution < -0.4 is 5.32 Å². The number of likely N-dealkylation sites (N-methyl/N-ethyl adjacent to an activating group) is 1. The van der Waals surface area contributed by atoms with E-state index < -0.39 is 5.97 Å². The van der Waals surface area contributed by atoms with E-state index in [-0.39, 0.29) is 12.3 Å². The van der Waals surface area contributed by atoms with E-state index in [1.165, 1.54) is 0 Å². The molecule has 0 heterocycles. The van der Waals surface area contributed by atoms with Crippen LogP contribution in [0.4, 0.5) is 0 Å². The summed E-state index contributed by atoms with van der Waals surface area (Å²) in [4.78, 5) is 23.5. The number of carboxylic acid groups (broad SMARTS) is 1. The molecule has 0 aliphatic carbocycles. The molecule has 0 aliphatic rings. The maximum atomic E-state index is 11.3. The Morgan fingerprint density at radius 3 is 2.56 bits per heavy atom. The van der Waals surface area contributed by atoms with E-state index in [1.807, 2.05) is 18.9 Å². The lowest BCUT2D eigenvalue weighted by molar-refractivity contribution is -0.137. The van der Waals surface area contributed by atoms with Crippen LogP contribution >= 0.6 is 0 Å². The first kappa shape index (κ1) is 14.9. The van der Waals surface area contributed by atoms with Crippen molar-refractivity contribution in [2.24, 2.45) is 0 Å². The molecule has 0 aromatic carbocycles. The van der Waals surface area contributed by atoms with E-state index >= 15 is 0 Å². The second-order valence-electron chi connectivity index (χ2n) is 3.94. The first-order valence-electron chi connectivity index (χ1n) is 5.73. The lowest BCUT2D eigenvalue weighted by Crippen LogP contribution is -2.35. The predicted molar refractivity (Wildman–Crippen MR) is 62.3 cm³/mol. The normalized spacial score (nSPS) is 10.4. The van der Waals surface area contributed by atoms with E-state index in [1.54, 1.807) is 0 Å². The van der Waals surface area contributed by atoms with Crippen molar-refractivity contribution >= 4 is 11.9 Å². The van der Waals surface area contributed by atoms with Crippen LogP contribution in [0.3, 0.4) is 0 Å². The Balaban J connectivity index is 3.46. The fraction of sp³-hybridized carbons (Fsp3) is 0.818. The van der Waals surface area contributed by atoms with Crippen molar-refractivity contribution in [3.63, 3.8) is 0 Å². The van der Waals surface area contributed by atoms with Crippen LogP contribution in [-0.2, 0) is 9.59 Å². The number of rotatable bonds is 9. The van der Waals surface area contributed by atoms with Crippen molar-refractivity contribution in [3.05, 3.63) is 0 Å². The minimum Gasteiger partial charge on any atom is -0.481 e. The number of nitrogens with zero attached hydrogens (tertiary/aromatic N) is 1. The van der Waals surface area contributed by atoms with Gasteiger partial charge in [-0.2, -0.15) is 0 Å². The molecule has 0 saturated heterocycles. The molecule has 5 heteroatoms. The van der Waals surface area contributed by atoms with Crippen LogP contribution in [0.15, 0.2) is 0 Å². The van der Waals surface area contributed by atoms with Crippen molar-refractivity contribution < 1.29 is 14.7 Å². The van der Waals surface area contributed by atoms with E-state index in [0.717, 1.165) is 19.4 Å². The number of nitrogens with one attached hydrogen (secondary N) is 1. The number of amides is 1. The molecular weight excluding hydrogens is 208 g/mol. The third-order valence-corrected chi connectivity index (χ3v) is 2.17. The molecule has 2 N–H and O–H groups in total.